The van der Waals surface area contributed by atoms with Crippen LogP contribution in [0, 0.1) is 0 Å². The highest BCUT2D eigenvalue weighted by Crippen LogP contribution is 2.41. The van der Waals surface area contributed by atoms with E-state index in [0.29, 0.717) is 17.5 Å². The first-order valence-corrected chi connectivity index (χ1v) is 16.5. The Balaban J connectivity index is 1.36. The minimum absolute atomic E-state index is 0.624. The van der Waals surface area contributed by atoms with Gasteiger partial charge in [0.05, 0.1) is 16.7 Å². The fourth-order valence-corrected chi connectivity index (χ4v) is 6.79. The number of rotatable bonds is 6. The monoisotopic (exact) mass is 626 g/mol. The molecule has 0 fully saturated rings. The van der Waals surface area contributed by atoms with Gasteiger partial charge in [0, 0.05) is 33.0 Å². The number of hydrogen-bond acceptors (Lipinski definition) is 3. The van der Waals surface area contributed by atoms with E-state index >= 15 is 0 Å². The Morgan fingerprint density at radius 2 is 0.837 bits per heavy atom. The van der Waals surface area contributed by atoms with Gasteiger partial charge in [0.15, 0.2) is 17.5 Å². The molecule has 0 atom stereocenters. The summed E-state index contributed by atoms with van der Waals surface area (Å²) in [6.45, 7) is 0. The quantitative estimate of drug-likeness (QED) is 0.184. The summed E-state index contributed by atoms with van der Waals surface area (Å²) in [6.07, 6.45) is 0. The van der Waals surface area contributed by atoms with Crippen LogP contribution in [0.3, 0.4) is 0 Å². The molecule has 4 heteroatoms. The molecular weight excluding hydrogens is 597 g/mol. The van der Waals surface area contributed by atoms with Crippen LogP contribution in [-0.2, 0) is 0 Å². The summed E-state index contributed by atoms with van der Waals surface area (Å²) < 4.78 is 2.40. The number of aromatic nitrogens is 4. The van der Waals surface area contributed by atoms with E-state index in [9.17, 15) is 0 Å². The molecule has 4 nitrogen and oxygen atoms in total. The lowest BCUT2D eigenvalue weighted by Crippen LogP contribution is -2.03. The van der Waals surface area contributed by atoms with E-state index in [2.05, 4.69) is 126 Å². The molecular formula is C45H30N4. The fourth-order valence-electron chi connectivity index (χ4n) is 6.79. The van der Waals surface area contributed by atoms with E-state index in [4.69, 9.17) is 15.0 Å². The van der Waals surface area contributed by atoms with Gasteiger partial charge in [0.2, 0.25) is 0 Å². The van der Waals surface area contributed by atoms with Gasteiger partial charge in [0.1, 0.15) is 0 Å². The average molecular weight is 627 g/mol. The van der Waals surface area contributed by atoms with Gasteiger partial charge in [-0.1, -0.05) is 164 Å². The Labute approximate surface area is 284 Å². The van der Waals surface area contributed by atoms with Crippen LogP contribution in [0.1, 0.15) is 0 Å². The van der Waals surface area contributed by atoms with Crippen LogP contribution in [0.5, 0.6) is 0 Å². The van der Waals surface area contributed by atoms with Gasteiger partial charge in [-0.3, -0.25) is 0 Å². The van der Waals surface area contributed by atoms with Crippen molar-refractivity contribution >= 4 is 21.8 Å². The molecule has 2 heterocycles. The van der Waals surface area contributed by atoms with Crippen molar-refractivity contribution < 1.29 is 0 Å². The van der Waals surface area contributed by atoms with E-state index in [1.165, 1.54) is 21.9 Å². The fraction of sp³-hybridized carbons (Fsp3) is 0. The summed E-state index contributed by atoms with van der Waals surface area (Å²) in [4.78, 5) is 15.3. The van der Waals surface area contributed by atoms with Gasteiger partial charge in [-0.25, -0.2) is 15.0 Å². The second-order valence-electron chi connectivity index (χ2n) is 12.1. The third-order valence-electron chi connectivity index (χ3n) is 9.07. The number of fused-ring (bicyclic) bond motifs is 3. The van der Waals surface area contributed by atoms with Crippen LogP contribution < -0.4 is 0 Å². The van der Waals surface area contributed by atoms with Crippen LogP contribution in [0.25, 0.3) is 83.9 Å². The van der Waals surface area contributed by atoms with Crippen molar-refractivity contribution in [1.29, 1.82) is 0 Å². The molecule has 7 aromatic carbocycles. The molecule has 0 bridgehead atoms. The van der Waals surface area contributed by atoms with Gasteiger partial charge in [-0.15, -0.1) is 0 Å². The zero-order valence-electron chi connectivity index (χ0n) is 26.6. The first-order chi connectivity index (χ1) is 24.3. The topological polar surface area (TPSA) is 43.6 Å². The minimum Gasteiger partial charge on any atom is -0.309 e. The van der Waals surface area contributed by atoms with Gasteiger partial charge in [0.25, 0.3) is 0 Å². The van der Waals surface area contributed by atoms with Crippen molar-refractivity contribution in [3.63, 3.8) is 0 Å². The molecule has 0 radical (unpaired) electrons. The van der Waals surface area contributed by atoms with Crippen molar-refractivity contribution in [3.05, 3.63) is 182 Å². The second kappa shape index (κ2) is 12.2. The summed E-state index contributed by atoms with van der Waals surface area (Å²) >= 11 is 0. The van der Waals surface area contributed by atoms with Crippen molar-refractivity contribution in [2.24, 2.45) is 0 Å². The zero-order valence-corrected chi connectivity index (χ0v) is 26.6. The lowest BCUT2D eigenvalue weighted by atomic mass is 9.96. The molecule has 0 aliphatic rings. The third kappa shape index (κ3) is 5.16. The predicted molar refractivity (Wildman–Crippen MR) is 201 cm³/mol. The van der Waals surface area contributed by atoms with E-state index in [1.807, 2.05) is 60.7 Å². The van der Waals surface area contributed by atoms with Crippen LogP contribution in [0.15, 0.2) is 182 Å². The molecule has 0 amide bonds. The number of nitrogens with zero attached hydrogens (tertiary/aromatic N) is 4. The highest BCUT2D eigenvalue weighted by molar-refractivity contribution is 6.11. The van der Waals surface area contributed by atoms with E-state index in [-0.39, 0.29) is 0 Å². The maximum Gasteiger partial charge on any atom is 0.164 e. The Morgan fingerprint density at radius 1 is 0.327 bits per heavy atom. The number of para-hydroxylation sites is 1. The molecule has 0 spiro atoms. The maximum absolute atomic E-state index is 5.15. The lowest BCUT2D eigenvalue weighted by Gasteiger charge is -2.18. The van der Waals surface area contributed by atoms with E-state index in [1.54, 1.807) is 0 Å². The molecule has 230 valence electrons. The smallest absolute Gasteiger partial charge is 0.164 e. The molecule has 0 unspecified atom stereocenters. The molecule has 49 heavy (non-hydrogen) atoms. The molecule has 9 aromatic rings. The number of hydrogen-bond donors (Lipinski definition) is 0. The van der Waals surface area contributed by atoms with Gasteiger partial charge < -0.3 is 4.57 Å². The molecule has 0 saturated carbocycles. The van der Waals surface area contributed by atoms with Crippen LogP contribution >= 0.6 is 0 Å². The first-order valence-electron chi connectivity index (χ1n) is 16.5. The Kier molecular flexibility index (Phi) is 7.10. The Morgan fingerprint density at radius 3 is 1.47 bits per heavy atom. The normalized spacial score (nSPS) is 11.3. The summed E-state index contributed by atoms with van der Waals surface area (Å²) in [6, 6.07) is 63.3. The van der Waals surface area contributed by atoms with Gasteiger partial charge in [-0.05, 0) is 34.9 Å². The van der Waals surface area contributed by atoms with E-state index < -0.39 is 0 Å². The minimum atomic E-state index is 0.624. The van der Waals surface area contributed by atoms with E-state index in [0.717, 1.165) is 44.5 Å². The Bertz CT molecular complexity index is 2520. The highest BCUT2D eigenvalue weighted by atomic mass is 15.0. The van der Waals surface area contributed by atoms with Gasteiger partial charge >= 0.3 is 0 Å². The lowest BCUT2D eigenvalue weighted by molar-refractivity contribution is 1.07. The highest BCUT2D eigenvalue weighted by Gasteiger charge is 2.22. The summed E-state index contributed by atoms with van der Waals surface area (Å²) in [5, 5.41) is 2.41. The van der Waals surface area contributed by atoms with Crippen molar-refractivity contribution in [2.45, 2.75) is 0 Å². The standard InChI is InChI=1S/C45H30N4/c1-5-16-31(17-6-1)35-28-29-37-36-24-13-14-26-39(36)49(41(37)30-35)40-27-15-25-38(42(40)32-18-7-2-8-19-32)45-47-43(33-20-9-3-10-21-33)46-44(48-45)34-22-11-4-12-23-34/h1-30H. The zero-order chi connectivity index (χ0) is 32.6. The molecule has 0 N–H and O–H groups in total. The van der Waals surface area contributed by atoms with Crippen molar-refractivity contribution in [2.75, 3.05) is 0 Å². The van der Waals surface area contributed by atoms with Crippen LogP contribution in [-0.4, -0.2) is 19.5 Å². The van der Waals surface area contributed by atoms with Crippen molar-refractivity contribution in [3.8, 4) is 62.1 Å². The molecule has 0 aliphatic carbocycles. The van der Waals surface area contributed by atoms with Crippen LogP contribution in [0.4, 0.5) is 0 Å². The SMILES string of the molecule is c1ccc(-c2ccc3c4ccccc4n(-c4cccc(-c5nc(-c6ccccc6)nc(-c6ccccc6)n5)c4-c4ccccc4)c3c2)cc1. The van der Waals surface area contributed by atoms with Crippen molar-refractivity contribution in [1.82, 2.24) is 19.5 Å². The summed E-state index contributed by atoms with van der Waals surface area (Å²) in [7, 11) is 0. The van der Waals surface area contributed by atoms with Crippen LogP contribution in [0.2, 0.25) is 0 Å². The summed E-state index contributed by atoms with van der Waals surface area (Å²) in [5.41, 5.74) is 10.7. The third-order valence-corrected chi connectivity index (χ3v) is 9.07. The maximum atomic E-state index is 5.15. The first kappa shape index (κ1) is 28.6. The van der Waals surface area contributed by atoms with Gasteiger partial charge in [-0.2, -0.15) is 0 Å². The number of benzene rings is 7. The largest absolute Gasteiger partial charge is 0.309 e. The Hall–Kier alpha value is -6.65. The average Bonchev–Trinajstić information content (AvgIpc) is 3.52. The molecule has 0 saturated heterocycles. The second-order valence-corrected chi connectivity index (χ2v) is 12.1. The molecule has 2 aromatic heterocycles. The molecule has 9 rings (SSSR count). The predicted octanol–water partition coefficient (Wildman–Crippen LogP) is 11.3. The summed E-state index contributed by atoms with van der Waals surface area (Å²) in [5.74, 6) is 1.90. The molecule has 0 aliphatic heterocycles.